The number of carbonyl (C=O) groups excluding carboxylic acids is 2. The zero-order valence-corrected chi connectivity index (χ0v) is 10.8. The average Bonchev–Trinajstić information content (AvgIpc) is 3.08. The summed E-state index contributed by atoms with van der Waals surface area (Å²) in [5.41, 5.74) is 1.12. The first-order valence-electron chi connectivity index (χ1n) is 6.20. The van der Waals surface area contributed by atoms with Crippen LogP contribution in [0.5, 0.6) is 0 Å². The molecule has 0 radical (unpaired) electrons. The van der Waals surface area contributed by atoms with E-state index < -0.39 is 5.92 Å². The maximum atomic E-state index is 12.4. The summed E-state index contributed by atoms with van der Waals surface area (Å²) in [5, 5.41) is 5.45. The van der Waals surface area contributed by atoms with Crippen molar-refractivity contribution in [3.8, 4) is 0 Å². The molecule has 1 amide bonds. The van der Waals surface area contributed by atoms with Gasteiger partial charge in [0, 0.05) is 0 Å². The predicted molar refractivity (Wildman–Crippen MR) is 73.6 cm³/mol. The Morgan fingerprint density at radius 3 is 2.60 bits per heavy atom. The van der Waals surface area contributed by atoms with Crippen LogP contribution in [0.1, 0.15) is 17.5 Å². The van der Waals surface area contributed by atoms with E-state index in [0.29, 0.717) is 11.4 Å². The zero-order valence-electron chi connectivity index (χ0n) is 10.8. The Hall–Kier alpha value is -2.69. The quantitative estimate of drug-likeness (QED) is 0.634. The highest BCUT2D eigenvalue weighted by molar-refractivity contribution is 6.29. The fourth-order valence-electron chi connectivity index (χ4n) is 2.18. The van der Waals surface area contributed by atoms with Crippen LogP contribution in [0.15, 0.2) is 58.2 Å². The highest BCUT2D eigenvalue weighted by atomic mass is 16.3. The number of rotatable bonds is 3. The van der Waals surface area contributed by atoms with Gasteiger partial charge in [0.1, 0.15) is 5.92 Å². The predicted octanol–water partition coefficient (Wildman–Crippen LogP) is 2.50. The molecule has 1 unspecified atom stereocenters. The van der Waals surface area contributed by atoms with Crippen LogP contribution in [0.2, 0.25) is 0 Å². The van der Waals surface area contributed by atoms with Crippen LogP contribution in [0.25, 0.3) is 0 Å². The molecule has 1 aliphatic heterocycles. The average molecular weight is 268 g/mol. The molecular formula is C15H12N2O3. The Bertz CT molecular complexity index is 674. The highest BCUT2D eigenvalue weighted by Gasteiger charge is 2.40. The SMILES string of the molecule is CC1=NN(c2ccccc2)C(=O)C1C(=O)c1ccco1. The van der Waals surface area contributed by atoms with E-state index in [1.54, 1.807) is 31.2 Å². The lowest BCUT2D eigenvalue weighted by molar-refractivity contribution is -0.118. The van der Waals surface area contributed by atoms with E-state index in [9.17, 15) is 9.59 Å². The first-order valence-corrected chi connectivity index (χ1v) is 6.20. The second-order valence-corrected chi connectivity index (χ2v) is 4.50. The van der Waals surface area contributed by atoms with Crippen molar-refractivity contribution in [3.63, 3.8) is 0 Å². The fourth-order valence-corrected chi connectivity index (χ4v) is 2.18. The molecule has 1 atom stereocenters. The van der Waals surface area contributed by atoms with Gasteiger partial charge in [-0.3, -0.25) is 9.59 Å². The van der Waals surface area contributed by atoms with Crippen molar-refractivity contribution in [2.24, 2.45) is 11.0 Å². The van der Waals surface area contributed by atoms with Crippen LogP contribution in [-0.2, 0) is 4.79 Å². The summed E-state index contributed by atoms with van der Waals surface area (Å²) in [7, 11) is 0. The van der Waals surface area contributed by atoms with E-state index in [1.165, 1.54) is 11.3 Å². The smallest absolute Gasteiger partial charge is 0.264 e. The molecule has 5 heteroatoms. The summed E-state index contributed by atoms with van der Waals surface area (Å²) < 4.78 is 5.07. The number of benzene rings is 1. The minimum atomic E-state index is -0.902. The normalized spacial score (nSPS) is 18.2. The molecule has 0 fully saturated rings. The minimum Gasteiger partial charge on any atom is -0.461 e. The second kappa shape index (κ2) is 4.77. The van der Waals surface area contributed by atoms with E-state index in [4.69, 9.17) is 4.42 Å². The number of anilines is 1. The number of amides is 1. The van der Waals surface area contributed by atoms with E-state index in [-0.39, 0.29) is 17.5 Å². The summed E-state index contributed by atoms with van der Waals surface area (Å²) in [6.45, 7) is 1.67. The van der Waals surface area contributed by atoms with Gasteiger partial charge >= 0.3 is 0 Å². The van der Waals surface area contributed by atoms with Crippen LogP contribution < -0.4 is 5.01 Å². The molecule has 2 aromatic rings. The Morgan fingerprint density at radius 2 is 1.95 bits per heavy atom. The maximum absolute atomic E-state index is 12.4. The van der Waals surface area contributed by atoms with Gasteiger partial charge in [-0.15, -0.1) is 0 Å². The van der Waals surface area contributed by atoms with Crippen LogP contribution in [0.4, 0.5) is 5.69 Å². The number of nitrogens with zero attached hydrogens (tertiary/aromatic N) is 2. The van der Waals surface area contributed by atoms with Gasteiger partial charge in [0.15, 0.2) is 5.76 Å². The third-order valence-corrected chi connectivity index (χ3v) is 3.16. The van der Waals surface area contributed by atoms with Gasteiger partial charge in [-0.05, 0) is 31.2 Å². The summed E-state index contributed by atoms with van der Waals surface area (Å²) in [5.74, 6) is -1.44. The monoisotopic (exact) mass is 268 g/mol. The van der Waals surface area contributed by atoms with Crippen molar-refractivity contribution in [1.29, 1.82) is 0 Å². The topological polar surface area (TPSA) is 62.9 Å². The lowest BCUT2D eigenvalue weighted by atomic mass is 9.97. The molecule has 3 rings (SSSR count). The zero-order chi connectivity index (χ0) is 14.1. The van der Waals surface area contributed by atoms with Gasteiger partial charge in [-0.2, -0.15) is 10.1 Å². The lowest BCUT2D eigenvalue weighted by Gasteiger charge is -2.13. The largest absolute Gasteiger partial charge is 0.461 e. The lowest BCUT2D eigenvalue weighted by Crippen LogP contribution is -2.32. The molecule has 0 bridgehead atoms. The van der Waals surface area contributed by atoms with Crippen molar-refractivity contribution >= 4 is 23.1 Å². The molecule has 0 aliphatic carbocycles. The van der Waals surface area contributed by atoms with Crippen LogP contribution in [0.3, 0.4) is 0 Å². The molecule has 0 N–H and O–H groups in total. The molecule has 100 valence electrons. The summed E-state index contributed by atoms with van der Waals surface area (Å²) in [6.07, 6.45) is 1.41. The summed E-state index contributed by atoms with van der Waals surface area (Å²) in [6, 6.07) is 12.2. The van der Waals surface area contributed by atoms with Crippen molar-refractivity contribution in [1.82, 2.24) is 0 Å². The molecular weight excluding hydrogens is 256 g/mol. The van der Waals surface area contributed by atoms with Gasteiger partial charge in [0.2, 0.25) is 5.78 Å². The number of hydrazone groups is 1. The van der Waals surface area contributed by atoms with E-state index >= 15 is 0 Å². The number of para-hydroxylation sites is 1. The molecule has 0 spiro atoms. The molecule has 20 heavy (non-hydrogen) atoms. The molecule has 1 aliphatic rings. The molecule has 1 aromatic carbocycles. The fraction of sp³-hybridized carbons (Fsp3) is 0.133. The number of hydrogen-bond acceptors (Lipinski definition) is 4. The van der Waals surface area contributed by atoms with Crippen LogP contribution in [-0.4, -0.2) is 17.4 Å². The third kappa shape index (κ3) is 1.93. The van der Waals surface area contributed by atoms with Gasteiger partial charge in [0.25, 0.3) is 5.91 Å². The number of hydrogen-bond donors (Lipinski definition) is 0. The summed E-state index contributed by atoms with van der Waals surface area (Å²) >= 11 is 0. The van der Waals surface area contributed by atoms with E-state index in [1.807, 2.05) is 18.2 Å². The highest BCUT2D eigenvalue weighted by Crippen LogP contribution is 2.25. The molecule has 2 heterocycles. The van der Waals surface area contributed by atoms with Gasteiger partial charge in [-0.25, -0.2) is 0 Å². The molecule has 1 aromatic heterocycles. The van der Waals surface area contributed by atoms with Crippen LogP contribution >= 0.6 is 0 Å². The first kappa shape index (κ1) is 12.3. The number of carbonyl (C=O) groups is 2. The maximum Gasteiger partial charge on any atom is 0.264 e. The van der Waals surface area contributed by atoms with Gasteiger partial charge in [-0.1, -0.05) is 18.2 Å². The van der Waals surface area contributed by atoms with Crippen molar-refractivity contribution < 1.29 is 14.0 Å². The third-order valence-electron chi connectivity index (χ3n) is 3.16. The van der Waals surface area contributed by atoms with E-state index in [0.717, 1.165) is 0 Å². The standard InChI is InChI=1S/C15H12N2O3/c1-10-13(14(18)12-8-5-9-20-12)15(19)17(16-10)11-6-3-2-4-7-11/h2-9,13H,1H3. The summed E-state index contributed by atoms with van der Waals surface area (Å²) in [4.78, 5) is 24.7. The number of ketones is 1. The van der Waals surface area contributed by atoms with Crippen molar-refractivity contribution in [3.05, 3.63) is 54.5 Å². The van der Waals surface area contributed by atoms with Crippen LogP contribution in [0, 0.1) is 5.92 Å². The molecule has 0 saturated carbocycles. The number of Topliss-reactive ketones (excluding diaryl/α,β-unsaturated/α-hetero) is 1. The molecule has 0 saturated heterocycles. The minimum absolute atomic E-state index is 0.174. The number of furan rings is 1. The van der Waals surface area contributed by atoms with E-state index in [2.05, 4.69) is 5.10 Å². The van der Waals surface area contributed by atoms with Crippen molar-refractivity contribution in [2.45, 2.75) is 6.92 Å². The molecule has 5 nitrogen and oxygen atoms in total. The second-order valence-electron chi connectivity index (χ2n) is 4.50. The van der Waals surface area contributed by atoms with Crippen molar-refractivity contribution in [2.75, 3.05) is 5.01 Å². The Morgan fingerprint density at radius 1 is 1.20 bits per heavy atom. The van der Waals surface area contributed by atoms with Gasteiger partial charge < -0.3 is 4.42 Å². The Labute approximate surface area is 115 Å². The first-order chi connectivity index (χ1) is 9.68. The Kier molecular flexibility index (Phi) is 2.95. The Balaban J connectivity index is 1.92. The van der Waals surface area contributed by atoms with Gasteiger partial charge in [0.05, 0.1) is 17.7 Å².